The Morgan fingerprint density at radius 3 is 2.60 bits per heavy atom. The Kier molecular flexibility index (Phi) is 4.52. The molecule has 4 aromatic rings. The van der Waals surface area contributed by atoms with Crippen molar-refractivity contribution < 1.29 is 14.1 Å². The van der Waals surface area contributed by atoms with Crippen LogP contribution in [0.4, 0.5) is 11.4 Å². The number of rotatable bonds is 4. The van der Waals surface area contributed by atoms with Gasteiger partial charge in [-0.25, -0.2) is 0 Å². The summed E-state index contributed by atoms with van der Waals surface area (Å²) in [5.74, 6) is 0.453. The number of fused-ring (bicyclic) bond motifs is 1. The molecular formula is C24H19N3O3. The average Bonchev–Trinajstić information content (AvgIpc) is 3.40. The molecule has 2 amide bonds. The Labute approximate surface area is 173 Å². The van der Waals surface area contributed by atoms with Crippen molar-refractivity contribution in [1.82, 2.24) is 5.16 Å². The first-order valence-corrected chi connectivity index (χ1v) is 9.86. The van der Waals surface area contributed by atoms with Crippen LogP contribution in [0, 0.1) is 0 Å². The van der Waals surface area contributed by atoms with Crippen LogP contribution in [0.2, 0.25) is 0 Å². The van der Waals surface area contributed by atoms with Gasteiger partial charge in [0, 0.05) is 24.1 Å². The van der Waals surface area contributed by atoms with Crippen LogP contribution >= 0.6 is 0 Å². The predicted octanol–water partition coefficient (Wildman–Crippen LogP) is 4.87. The zero-order chi connectivity index (χ0) is 20.5. The van der Waals surface area contributed by atoms with Crippen LogP contribution in [0.25, 0.3) is 22.2 Å². The number of para-hydroxylation sites is 2. The minimum absolute atomic E-state index is 0.0788. The summed E-state index contributed by atoms with van der Waals surface area (Å²) in [5.41, 5.74) is 3.42. The molecule has 30 heavy (non-hydrogen) atoms. The SMILES string of the molecule is O=C(Nc1ccccc1N1CCCC1=O)c1ccc2noc(-c3ccccc3)c2c1. The van der Waals surface area contributed by atoms with Crippen molar-refractivity contribution in [3.8, 4) is 11.3 Å². The van der Waals surface area contributed by atoms with Crippen LogP contribution in [0.3, 0.4) is 0 Å². The fourth-order valence-electron chi connectivity index (χ4n) is 3.79. The lowest BCUT2D eigenvalue weighted by Crippen LogP contribution is -2.25. The normalized spacial score (nSPS) is 13.7. The van der Waals surface area contributed by atoms with E-state index in [1.165, 1.54) is 0 Å². The third kappa shape index (κ3) is 3.22. The molecule has 2 heterocycles. The molecule has 148 valence electrons. The third-order valence-corrected chi connectivity index (χ3v) is 5.29. The highest BCUT2D eigenvalue weighted by Gasteiger charge is 2.24. The smallest absolute Gasteiger partial charge is 0.255 e. The molecule has 6 heteroatoms. The van der Waals surface area contributed by atoms with Crippen molar-refractivity contribution in [2.45, 2.75) is 12.8 Å². The highest BCUT2D eigenvalue weighted by molar-refractivity contribution is 6.10. The molecule has 1 N–H and O–H groups in total. The lowest BCUT2D eigenvalue weighted by Gasteiger charge is -2.20. The first-order chi connectivity index (χ1) is 14.7. The highest BCUT2D eigenvalue weighted by Crippen LogP contribution is 2.31. The molecule has 0 unspecified atom stereocenters. The summed E-state index contributed by atoms with van der Waals surface area (Å²) in [4.78, 5) is 26.9. The summed E-state index contributed by atoms with van der Waals surface area (Å²) in [6.45, 7) is 0.665. The van der Waals surface area contributed by atoms with Crippen molar-refractivity contribution in [3.63, 3.8) is 0 Å². The van der Waals surface area contributed by atoms with Crippen molar-refractivity contribution >= 4 is 34.1 Å². The van der Waals surface area contributed by atoms with E-state index in [4.69, 9.17) is 4.52 Å². The van der Waals surface area contributed by atoms with Crippen LogP contribution in [0.5, 0.6) is 0 Å². The molecule has 6 nitrogen and oxygen atoms in total. The third-order valence-electron chi connectivity index (χ3n) is 5.29. The zero-order valence-electron chi connectivity index (χ0n) is 16.2. The molecule has 0 saturated carbocycles. The van der Waals surface area contributed by atoms with Gasteiger partial charge in [0.05, 0.1) is 16.8 Å². The fraction of sp³-hybridized carbons (Fsp3) is 0.125. The second kappa shape index (κ2) is 7.48. The molecule has 0 aliphatic carbocycles. The minimum Gasteiger partial charge on any atom is -0.355 e. The van der Waals surface area contributed by atoms with Gasteiger partial charge in [-0.1, -0.05) is 47.6 Å². The van der Waals surface area contributed by atoms with Gasteiger partial charge < -0.3 is 14.7 Å². The second-order valence-corrected chi connectivity index (χ2v) is 7.23. The number of carbonyl (C=O) groups is 2. The molecule has 1 saturated heterocycles. The number of nitrogens with one attached hydrogen (secondary N) is 1. The number of benzene rings is 3. The van der Waals surface area contributed by atoms with Gasteiger partial charge in [0.2, 0.25) is 5.91 Å². The number of nitrogens with zero attached hydrogens (tertiary/aromatic N) is 2. The summed E-state index contributed by atoms with van der Waals surface area (Å²) in [6.07, 6.45) is 1.36. The maximum Gasteiger partial charge on any atom is 0.255 e. The lowest BCUT2D eigenvalue weighted by atomic mass is 10.1. The number of amides is 2. The molecule has 0 atom stereocenters. The summed E-state index contributed by atoms with van der Waals surface area (Å²) in [6, 6.07) is 22.3. The molecule has 1 aromatic heterocycles. The van der Waals surface area contributed by atoms with E-state index in [1.807, 2.05) is 54.6 Å². The van der Waals surface area contributed by atoms with E-state index < -0.39 is 0 Å². The van der Waals surface area contributed by atoms with Crippen molar-refractivity contribution in [1.29, 1.82) is 0 Å². The molecule has 0 bridgehead atoms. The average molecular weight is 397 g/mol. The van der Waals surface area contributed by atoms with Gasteiger partial charge in [-0.15, -0.1) is 0 Å². The Balaban J connectivity index is 1.47. The highest BCUT2D eigenvalue weighted by atomic mass is 16.5. The van der Waals surface area contributed by atoms with Crippen molar-refractivity contribution in [2.24, 2.45) is 0 Å². The van der Waals surface area contributed by atoms with E-state index in [2.05, 4.69) is 10.5 Å². The second-order valence-electron chi connectivity index (χ2n) is 7.23. The Bertz CT molecular complexity index is 1250. The van der Waals surface area contributed by atoms with Crippen LogP contribution in [0.1, 0.15) is 23.2 Å². The van der Waals surface area contributed by atoms with Crippen molar-refractivity contribution in [3.05, 3.63) is 78.4 Å². The first kappa shape index (κ1) is 18.1. The molecule has 0 radical (unpaired) electrons. The van der Waals surface area contributed by atoms with E-state index in [-0.39, 0.29) is 11.8 Å². The Morgan fingerprint density at radius 2 is 1.80 bits per heavy atom. The van der Waals surface area contributed by atoms with Crippen LogP contribution in [0.15, 0.2) is 77.3 Å². The van der Waals surface area contributed by atoms with E-state index >= 15 is 0 Å². The summed E-state index contributed by atoms with van der Waals surface area (Å²) in [7, 11) is 0. The molecule has 1 aliphatic rings. The van der Waals surface area contributed by atoms with Gasteiger partial charge in [-0.2, -0.15) is 0 Å². The standard InChI is InChI=1S/C24H19N3O3/c28-22-11-6-14-27(22)21-10-5-4-9-20(21)25-24(29)17-12-13-19-18(15-17)23(30-26-19)16-7-2-1-3-8-16/h1-5,7-10,12-13,15H,6,11,14H2,(H,25,29). The van der Waals surface area contributed by atoms with Gasteiger partial charge in [0.15, 0.2) is 5.76 Å². The molecule has 0 spiro atoms. The molecule has 1 aliphatic heterocycles. The molecule has 5 rings (SSSR count). The topological polar surface area (TPSA) is 75.4 Å². The Morgan fingerprint density at radius 1 is 1.00 bits per heavy atom. The van der Waals surface area contributed by atoms with Gasteiger partial charge in [-0.3, -0.25) is 9.59 Å². The van der Waals surface area contributed by atoms with Crippen LogP contribution in [-0.2, 0) is 4.79 Å². The van der Waals surface area contributed by atoms with Gasteiger partial charge in [0.1, 0.15) is 5.52 Å². The maximum atomic E-state index is 13.0. The number of carbonyl (C=O) groups excluding carboxylic acids is 2. The van der Waals surface area contributed by atoms with Crippen LogP contribution < -0.4 is 10.2 Å². The summed E-state index contributed by atoms with van der Waals surface area (Å²) >= 11 is 0. The van der Waals surface area contributed by atoms with Gasteiger partial charge >= 0.3 is 0 Å². The number of anilines is 2. The molecule has 1 fully saturated rings. The fourth-order valence-corrected chi connectivity index (χ4v) is 3.79. The number of aromatic nitrogens is 1. The zero-order valence-corrected chi connectivity index (χ0v) is 16.2. The molecular weight excluding hydrogens is 378 g/mol. The largest absolute Gasteiger partial charge is 0.355 e. The summed E-state index contributed by atoms with van der Waals surface area (Å²) in [5, 5.41) is 7.83. The molecule has 3 aromatic carbocycles. The van der Waals surface area contributed by atoms with E-state index in [0.29, 0.717) is 35.5 Å². The van der Waals surface area contributed by atoms with Gasteiger partial charge in [0.25, 0.3) is 5.91 Å². The minimum atomic E-state index is -0.254. The van der Waals surface area contributed by atoms with E-state index in [0.717, 1.165) is 23.1 Å². The predicted molar refractivity (Wildman–Crippen MR) is 115 cm³/mol. The monoisotopic (exact) mass is 397 g/mol. The lowest BCUT2D eigenvalue weighted by molar-refractivity contribution is -0.117. The quantitative estimate of drug-likeness (QED) is 0.533. The number of hydrogen-bond donors (Lipinski definition) is 1. The van der Waals surface area contributed by atoms with Crippen molar-refractivity contribution in [2.75, 3.05) is 16.8 Å². The van der Waals surface area contributed by atoms with E-state index in [1.54, 1.807) is 23.1 Å². The maximum absolute atomic E-state index is 13.0. The first-order valence-electron chi connectivity index (χ1n) is 9.86. The summed E-state index contributed by atoms with van der Waals surface area (Å²) < 4.78 is 5.53. The van der Waals surface area contributed by atoms with Gasteiger partial charge in [-0.05, 0) is 36.8 Å². The Hall–Kier alpha value is -3.93. The van der Waals surface area contributed by atoms with E-state index in [9.17, 15) is 9.59 Å². The number of hydrogen-bond acceptors (Lipinski definition) is 4. The van der Waals surface area contributed by atoms with Crippen LogP contribution in [-0.4, -0.2) is 23.5 Å².